The standard InChI is InChI=1S/C18H21ClN2O4/c19-14-4-1-2-5-16(14)25-13-18(22)20-12-15(17-6-3-9-24-17)21-7-10-23-11-8-21/h1-6,9,15H,7-8,10-13H2,(H,20,22)/t15-/m0/s1. The van der Waals surface area contributed by atoms with E-state index in [1.54, 1.807) is 18.4 Å². The van der Waals surface area contributed by atoms with Crippen LogP contribution in [0.5, 0.6) is 5.75 Å². The predicted molar refractivity (Wildman–Crippen MR) is 93.8 cm³/mol. The molecule has 7 heteroatoms. The minimum atomic E-state index is -0.204. The van der Waals surface area contributed by atoms with Gasteiger partial charge in [-0.3, -0.25) is 9.69 Å². The summed E-state index contributed by atoms with van der Waals surface area (Å²) in [5.41, 5.74) is 0. The van der Waals surface area contributed by atoms with Crippen molar-refractivity contribution in [1.29, 1.82) is 0 Å². The van der Waals surface area contributed by atoms with E-state index in [2.05, 4.69) is 10.2 Å². The van der Waals surface area contributed by atoms with Crippen LogP contribution in [0.2, 0.25) is 5.02 Å². The summed E-state index contributed by atoms with van der Waals surface area (Å²) in [6.45, 7) is 3.33. The Bertz CT molecular complexity index is 671. The van der Waals surface area contributed by atoms with Gasteiger partial charge in [0, 0.05) is 19.6 Å². The number of nitrogens with one attached hydrogen (secondary N) is 1. The largest absolute Gasteiger partial charge is 0.482 e. The molecule has 1 saturated heterocycles. The van der Waals surface area contributed by atoms with E-state index in [0.717, 1.165) is 18.8 Å². The molecule has 134 valence electrons. The van der Waals surface area contributed by atoms with Gasteiger partial charge in [-0.25, -0.2) is 0 Å². The highest BCUT2D eigenvalue weighted by Gasteiger charge is 2.25. The maximum Gasteiger partial charge on any atom is 0.258 e. The molecule has 1 aliphatic rings. The number of nitrogens with zero attached hydrogens (tertiary/aromatic N) is 1. The van der Waals surface area contributed by atoms with Gasteiger partial charge in [0.2, 0.25) is 0 Å². The predicted octanol–water partition coefficient (Wildman–Crippen LogP) is 2.50. The fraction of sp³-hybridized carbons (Fsp3) is 0.389. The average Bonchev–Trinajstić information content (AvgIpc) is 3.16. The van der Waals surface area contributed by atoms with Crippen LogP contribution in [-0.2, 0) is 9.53 Å². The van der Waals surface area contributed by atoms with Crippen molar-refractivity contribution in [2.24, 2.45) is 0 Å². The van der Waals surface area contributed by atoms with Crippen LogP contribution in [0.3, 0.4) is 0 Å². The van der Waals surface area contributed by atoms with Crippen LogP contribution in [0.1, 0.15) is 11.8 Å². The number of hydrogen-bond acceptors (Lipinski definition) is 5. The SMILES string of the molecule is O=C(COc1ccccc1Cl)NC[C@@H](c1ccco1)N1CCOCC1. The summed E-state index contributed by atoms with van der Waals surface area (Å²) in [6, 6.07) is 10.8. The molecule has 0 unspecified atom stereocenters. The molecule has 2 heterocycles. The number of rotatable bonds is 7. The number of carbonyl (C=O) groups excluding carboxylic acids is 1. The minimum Gasteiger partial charge on any atom is -0.482 e. The summed E-state index contributed by atoms with van der Waals surface area (Å²) < 4.78 is 16.4. The van der Waals surface area contributed by atoms with Gasteiger partial charge in [0.05, 0.1) is 30.5 Å². The number of amides is 1. The van der Waals surface area contributed by atoms with Crippen molar-refractivity contribution < 1.29 is 18.7 Å². The van der Waals surface area contributed by atoms with Gasteiger partial charge in [-0.1, -0.05) is 23.7 Å². The molecule has 0 bridgehead atoms. The molecule has 0 spiro atoms. The molecule has 1 fully saturated rings. The number of morpholine rings is 1. The molecule has 25 heavy (non-hydrogen) atoms. The number of hydrogen-bond donors (Lipinski definition) is 1. The Morgan fingerprint density at radius 1 is 1.24 bits per heavy atom. The molecule has 0 aliphatic carbocycles. The summed E-state index contributed by atoms with van der Waals surface area (Å²) >= 11 is 6.02. The van der Waals surface area contributed by atoms with Gasteiger partial charge in [0.25, 0.3) is 5.91 Å². The van der Waals surface area contributed by atoms with Crippen LogP contribution in [0, 0.1) is 0 Å². The van der Waals surface area contributed by atoms with Crippen molar-refractivity contribution in [2.75, 3.05) is 39.5 Å². The quantitative estimate of drug-likeness (QED) is 0.817. The van der Waals surface area contributed by atoms with Gasteiger partial charge in [-0.05, 0) is 24.3 Å². The highest BCUT2D eigenvalue weighted by molar-refractivity contribution is 6.32. The van der Waals surface area contributed by atoms with E-state index in [1.165, 1.54) is 0 Å². The molecular formula is C18H21ClN2O4. The van der Waals surface area contributed by atoms with Crippen LogP contribution in [-0.4, -0.2) is 50.3 Å². The zero-order chi connectivity index (χ0) is 17.5. The number of benzene rings is 1. The lowest BCUT2D eigenvalue weighted by Gasteiger charge is -2.33. The number of carbonyl (C=O) groups is 1. The molecule has 1 atom stereocenters. The van der Waals surface area contributed by atoms with Crippen molar-refractivity contribution in [2.45, 2.75) is 6.04 Å². The van der Waals surface area contributed by atoms with E-state index in [4.69, 9.17) is 25.5 Å². The zero-order valence-electron chi connectivity index (χ0n) is 13.8. The molecule has 0 saturated carbocycles. The first kappa shape index (κ1) is 17.8. The first-order chi connectivity index (χ1) is 12.2. The maximum absolute atomic E-state index is 12.1. The van der Waals surface area contributed by atoms with Crippen LogP contribution in [0.15, 0.2) is 47.1 Å². The third-order valence-electron chi connectivity index (χ3n) is 4.05. The molecule has 2 aromatic rings. The maximum atomic E-state index is 12.1. The number of halogens is 1. The van der Waals surface area contributed by atoms with Crippen LogP contribution in [0.25, 0.3) is 0 Å². The zero-order valence-corrected chi connectivity index (χ0v) is 14.6. The first-order valence-corrected chi connectivity index (χ1v) is 8.61. The van der Waals surface area contributed by atoms with Gasteiger partial charge < -0.3 is 19.2 Å². The van der Waals surface area contributed by atoms with Crippen molar-refractivity contribution in [3.8, 4) is 5.75 Å². The van der Waals surface area contributed by atoms with Gasteiger partial charge in [-0.2, -0.15) is 0 Å². The monoisotopic (exact) mass is 364 g/mol. The fourth-order valence-electron chi connectivity index (χ4n) is 2.75. The summed E-state index contributed by atoms with van der Waals surface area (Å²) in [7, 11) is 0. The second-order valence-electron chi connectivity index (χ2n) is 5.70. The van der Waals surface area contributed by atoms with E-state index in [9.17, 15) is 4.79 Å². The summed E-state index contributed by atoms with van der Waals surface area (Å²) in [5.74, 6) is 1.12. The van der Waals surface area contributed by atoms with E-state index >= 15 is 0 Å². The number of para-hydroxylation sites is 1. The van der Waals surface area contributed by atoms with Crippen molar-refractivity contribution in [1.82, 2.24) is 10.2 Å². The van der Waals surface area contributed by atoms with Crippen molar-refractivity contribution in [3.05, 3.63) is 53.4 Å². The minimum absolute atomic E-state index is 0.0248. The lowest BCUT2D eigenvalue weighted by molar-refractivity contribution is -0.123. The normalized spacial score (nSPS) is 16.4. The summed E-state index contributed by atoms with van der Waals surface area (Å²) in [4.78, 5) is 14.4. The van der Waals surface area contributed by atoms with Gasteiger partial charge >= 0.3 is 0 Å². The highest BCUT2D eigenvalue weighted by atomic mass is 35.5. The Kier molecular flexibility index (Phi) is 6.33. The first-order valence-electron chi connectivity index (χ1n) is 8.23. The Morgan fingerprint density at radius 3 is 2.76 bits per heavy atom. The third-order valence-corrected chi connectivity index (χ3v) is 4.36. The van der Waals surface area contributed by atoms with Gasteiger partial charge in [0.1, 0.15) is 11.5 Å². The Labute approximate surface area is 151 Å². The second kappa shape index (κ2) is 8.89. The molecule has 1 aromatic carbocycles. The van der Waals surface area contributed by atoms with Crippen LogP contribution in [0.4, 0.5) is 0 Å². The Balaban J connectivity index is 1.53. The van der Waals surface area contributed by atoms with Crippen molar-refractivity contribution in [3.63, 3.8) is 0 Å². The molecule has 6 nitrogen and oxygen atoms in total. The Hall–Kier alpha value is -2.02. The summed E-state index contributed by atoms with van der Waals surface area (Å²) in [5, 5.41) is 3.39. The molecule has 1 aromatic heterocycles. The third kappa shape index (κ3) is 4.98. The lowest BCUT2D eigenvalue weighted by atomic mass is 10.1. The molecule has 0 radical (unpaired) electrons. The van der Waals surface area contributed by atoms with Crippen LogP contribution < -0.4 is 10.1 Å². The molecular weight excluding hydrogens is 344 g/mol. The van der Waals surface area contributed by atoms with E-state index < -0.39 is 0 Å². The van der Waals surface area contributed by atoms with E-state index in [-0.39, 0.29) is 18.6 Å². The molecule has 3 rings (SSSR count). The van der Waals surface area contributed by atoms with E-state index in [0.29, 0.717) is 30.5 Å². The number of ether oxygens (including phenoxy) is 2. The summed E-state index contributed by atoms with van der Waals surface area (Å²) in [6.07, 6.45) is 1.64. The topological polar surface area (TPSA) is 63.9 Å². The van der Waals surface area contributed by atoms with Crippen molar-refractivity contribution >= 4 is 17.5 Å². The van der Waals surface area contributed by atoms with Gasteiger partial charge in [0.15, 0.2) is 6.61 Å². The van der Waals surface area contributed by atoms with Gasteiger partial charge in [-0.15, -0.1) is 0 Å². The Morgan fingerprint density at radius 2 is 2.04 bits per heavy atom. The van der Waals surface area contributed by atoms with E-state index in [1.807, 2.05) is 24.3 Å². The fourth-order valence-corrected chi connectivity index (χ4v) is 2.94. The molecule has 1 amide bonds. The smallest absolute Gasteiger partial charge is 0.258 e. The highest BCUT2D eigenvalue weighted by Crippen LogP contribution is 2.23. The molecule has 1 aliphatic heterocycles. The average molecular weight is 365 g/mol. The lowest BCUT2D eigenvalue weighted by Crippen LogP contribution is -2.44. The van der Waals surface area contributed by atoms with Crippen LogP contribution >= 0.6 is 11.6 Å². The molecule has 1 N–H and O–H groups in total. The second-order valence-corrected chi connectivity index (χ2v) is 6.11. The number of furan rings is 1.